The molecule has 0 spiro atoms. The molecule has 0 amide bonds. The molecule has 21 heavy (non-hydrogen) atoms. The van der Waals surface area contributed by atoms with E-state index in [9.17, 15) is 4.79 Å². The van der Waals surface area contributed by atoms with Crippen molar-refractivity contribution in [3.8, 4) is 0 Å². The quantitative estimate of drug-likeness (QED) is 0.345. The third-order valence-electron chi connectivity index (χ3n) is 4.08. The average molecular weight is 299 g/mol. The molecule has 1 unspecified atom stereocenters. The number of esters is 1. The van der Waals surface area contributed by atoms with Gasteiger partial charge in [0, 0.05) is 0 Å². The number of hydrogen-bond donors (Lipinski definition) is 0. The highest BCUT2D eigenvalue weighted by Gasteiger charge is 2.10. The van der Waals surface area contributed by atoms with Crippen LogP contribution in [0.15, 0.2) is 0 Å². The van der Waals surface area contributed by atoms with Gasteiger partial charge in [0.05, 0.1) is 13.2 Å². The third-order valence-corrected chi connectivity index (χ3v) is 4.08. The van der Waals surface area contributed by atoms with Gasteiger partial charge in [-0.3, -0.25) is 9.69 Å². The number of unbranched alkanes of at least 4 members (excludes halogenated alkanes) is 6. The van der Waals surface area contributed by atoms with Crippen LogP contribution in [0.1, 0.15) is 79.1 Å². The van der Waals surface area contributed by atoms with E-state index in [2.05, 4.69) is 32.6 Å². The van der Waals surface area contributed by atoms with Gasteiger partial charge in [-0.2, -0.15) is 0 Å². The molecule has 0 aromatic heterocycles. The van der Waals surface area contributed by atoms with E-state index in [1.54, 1.807) is 0 Å². The molecule has 0 saturated heterocycles. The predicted molar refractivity (Wildman–Crippen MR) is 90.5 cm³/mol. The molecule has 0 N–H and O–H groups in total. The van der Waals surface area contributed by atoms with E-state index in [0.29, 0.717) is 19.1 Å². The van der Waals surface area contributed by atoms with Gasteiger partial charge in [0.25, 0.3) is 0 Å². The van der Waals surface area contributed by atoms with Gasteiger partial charge >= 0.3 is 5.97 Å². The highest BCUT2D eigenvalue weighted by atomic mass is 16.5. The van der Waals surface area contributed by atoms with Crippen molar-refractivity contribution in [3.05, 3.63) is 0 Å². The van der Waals surface area contributed by atoms with E-state index in [-0.39, 0.29) is 5.97 Å². The zero-order valence-corrected chi connectivity index (χ0v) is 14.8. The number of carbonyl (C=O) groups excluding carboxylic acids is 1. The molecule has 0 aliphatic carbocycles. The molecule has 126 valence electrons. The number of likely N-dealkylation sites (N-methyl/N-ethyl adjacent to an activating group) is 1. The number of hydrogen-bond acceptors (Lipinski definition) is 3. The van der Waals surface area contributed by atoms with Gasteiger partial charge in [-0.1, -0.05) is 72.6 Å². The van der Waals surface area contributed by atoms with E-state index in [0.717, 1.165) is 13.1 Å². The Hall–Kier alpha value is -0.570. The Labute approximate surface area is 132 Å². The topological polar surface area (TPSA) is 29.5 Å². The van der Waals surface area contributed by atoms with Crippen molar-refractivity contribution in [2.24, 2.45) is 5.92 Å². The zero-order chi connectivity index (χ0) is 15.9. The minimum Gasteiger partial charge on any atom is -0.464 e. The highest BCUT2D eigenvalue weighted by molar-refractivity contribution is 5.71. The first-order valence-electron chi connectivity index (χ1n) is 9.01. The fraction of sp³-hybridized carbons (Fsp3) is 0.944. The van der Waals surface area contributed by atoms with Crippen LogP contribution in [0.2, 0.25) is 0 Å². The molecule has 0 aromatic carbocycles. The lowest BCUT2D eigenvalue weighted by atomic mass is 10.0. The number of nitrogens with zero attached hydrogens (tertiary/aromatic N) is 1. The monoisotopic (exact) mass is 299 g/mol. The van der Waals surface area contributed by atoms with Crippen LogP contribution < -0.4 is 0 Å². The van der Waals surface area contributed by atoms with Crippen molar-refractivity contribution < 1.29 is 9.53 Å². The molecular formula is C18H37NO2. The van der Waals surface area contributed by atoms with Gasteiger partial charge in [-0.05, 0) is 25.4 Å². The minimum absolute atomic E-state index is 0.0786. The molecule has 0 fully saturated rings. The molecule has 0 radical (unpaired) electrons. The van der Waals surface area contributed by atoms with E-state index in [1.807, 2.05) is 0 Å². The zero-order valence-electron chi connectivity index (χ0n) is 14.8. The maximum absolute atomic E-state index is 11.7. The maximum Gasteiger partial charge on any atom is 0.320 e. The summed E-state index contributed by atoms with van der Waals surface area (Å²) in [5, 5.41) is 0. The lowest BCUT2D eigenvalue weighted by Crippen LogP contribution is -2.31. The normalized spacial score (nSPS) is 12.6. The SMILES string of the molecule is CCCCCCCCCC(C)COC(=O)CN(CC)CC. The molecule has 0 aromatic rings. The fourth-order valence-electron chi connectivity index (χ4n) is 2.44. The van der Waals surface area contributed by atoms with Crippen LogP contribution in [0, 0.1) is 5.92 Å². The van der Waals surface area contributed by atoms with Crippen LogP contribution in [0.4, 0.5) is 0 Å². The molecule has 0 aliphatic rings. The first kappa shape index (κ1) is 20.4. The Balaban J connectivity index is 3.48. The number of carbonyl (C=O) groups is 1. The van der Waals surface area contributed by atoms with Crippen molar-refractivity contribution in [1.82, 2.24) is 4.90 Å². The molecule has 0 aliphatic heterocycles. The second kappa shape index (κ2) is 14.4. The molecular weight excluding hydrogens is 262 g/mol. The van der Waals surface area contributed by atoms with Crippen LogP contribution in [-0.2, 0) is 9.53 Å². The van der Waals surface area contributed by atoms with Crippen LogP contribution in [0.3, 0.4) is 0 Å². The summed E-state index contributed by atoms with van der Waals surface area (Å²) in [6.45, 7) is 11.4. The van der Waals surface area contributed by atoms with E-state index < -0.39 is 0 Å². The van der Waals surface area contributed by atoms with E-state index >= 15 is 0 Å². The Bertz CT molecular complexity index is 239. The number of ether oxygens (including phenoxy) is 1. The second-order valence-corrected chi connectivity index (χ2v) is 6.16. The van der Waals surface area contributed by atoms with Crippen molar-refractivity contribution in [2.75, 3.05) is 26.2 Å². The highest BCUT2D eigenvalue weighted by Crippen LogP contribution is 2.13. The van der Waals surface area contributed by atoms with Crippen molar-refractivity contribution in [1.29, 1.82) is 0 Å². The average Bonchev–Trinajstić information content (AvgIpc) is 2.49. The van der Waals surface area contributed by atoms with Crippen LogP contribution in [-0.4, -0.2) is 37.1 Å². The maximum atomic E-state index is 11.7. The van der Waals surface area contributed by atoms with Crippen molar-refractivity contribution >= 4 is 5.97 Å². The standard InChI is InChI=1S/C18H37NO2/c1-5-8-9-10-11-12-13-14-17(4)16-21-18(20)15-19(6-2)7-3/h17H,5-16H2,1-4H3. The lowest BCUT2D eigenvalue weighted by molar-refractivity contribution is -0.146. The van der Waals surface area contributed by atoms with Crippen molar-refractivity contribution in [2.45, 2.75) is 79.1 Å². The van der Waals surface area contributed by atoms with Crippen LogP contribution in [0.25, 0.3) is 0 Å². The Kier molecular flexibility index (Phi) is 14.0. The summed E-state index contributed by atoms with van der Waals surface area (Å²) >= 11 is 0. The summed E-state index contributed by atoms with van der Waals surface area (Å²) in [6, 6.07) is 0. The van der Waals surface area contributed by atoms with Gasteiger partial charge < -0.3 is 4.74 Å². The molecule has 0 heterocycles. The molecule has 3 heteroatoms. The minimum atomic E-state index is -0.0786. The molecule has 0 rings (SSSR count). The summed E-state index contributed by atoms with van der Waals surface area (Å²) in [4.78, 5) is 13.8. The molecule has 0 saturated carbocycles. The van der Waals surface area contributed by atoms with E-state index in [4.69, 9.17) is 4.74 Å². The largest absolute Gasteiger partial charge is 0.464 e. The fourth-order valence-corrected chi connectivity index (χ4v) is 2.44. The summed E-state index contributed by atoms with van der Waals surface area (Å²) < 4.78 is 5.37. The van der Waals surface area contributed by atoms with Gasteiger partial charge in [0.15, 0.2) is 0 Å². The predicted octanol–water partition coefficient (Wildman–Crippen LogP) is 4.65. The Morgan fingerprint density at radius 3 is 2.10 bits per heavy atom. The molecule has 0 bridgehead atoms. The number of rotatable bonds is 14. The second-order valence-electron chi connectivity index (χ2n) is 6.16. The van der Waals surface area contributed by atoms with E-state index in [1.165, 1.54) is 51.4 Å². The lowest BCUT2D eigenvalue weighted by Gasteiger charge is -2.18. The molecule has 1 atom stereocenters. The summed E-state index contributed by atoms with van der Waals surface area (Å²) in [6.07, 6.45) is 10.6. The van der Waals surface area contributed by atoms with Gasteiger partial charge in [-0.15, -0.1) is 0 Å². The van der Waals surface area contributed by atoms with Crippen LogP contribution in [0.5, 0.6) is 0 Å². The van der Waals surface area contributed by atoms with Crippen LogP contribution >= 0.6 is 0 Å². The van der Waals surface area contributed by atoms with Gasteiger partial charge in [-0.25, -0.2) is 0 Å². The Morgan fingerprint density at radius 2 is 1.52 bits per heavy atom. The Morgan fingerprint density at radius 1 is 0.952 bits per heavy atom. The molecule has 3 nitrogen and oxygen atoms in total. The first-order chi connectivity index (χ1) is 10.1. The third kappa shape index (κ3) is 12.9. The van der Waals surface area contributed by atoms with Gasteiger partial charge in [0.2, 0.25) is 0 Å². The van der Waals surface area contributed by atoms with Crippen molar-refractivity contribution in [3.63, 3.8) is 0 Å². The first-order valence-corrected chi connectivity index (χ1v) is 9.01. The van der Waals surface area contributed by atoms with Gasteiger partial charge in [0.1, 0.15) is 0 Å². The summed E-state index contributed by atoms with van der Waals surface area (Å²) in [7, 11) is 0. The smallest absolute Gasteiger partial charge is 0.320 e. The summed E-state index contributed by atoms with van der Waals surface area (Å²) in [5.74, 6) is 0.409. The summed E-state index contributed by atoms with van der Waals surface area (Å²) in [5.41, 5.74) is 0.